The summed E-state index contributed by atoms with van der Waals surface area (Å²) in [5, 5.41) is 10.1. The molecular weight excluding hydrogens is 400 g/mol. The Balaban J connectivity index is 2.03. The number of imide groups is 1. The van der Waals surface area contributed by atoms with E-state index in [1.807, 2.05) is 4.72 Å². The maximum absolute atomic E-state index is 12.4. The minimum Gasteiger partial charge on any atom is -0.454 e. The van der Waals surface area contributed by atoms with Gasteiger partial charge in [-0.3, -0.25) is 19.3 Å². The van der Waals surface area contributed by atoms with Crippen LogP contribution in [-0.4, -0.2) is 61.5 Å². The molecule has 2 amide bonds. The number of halogens is 1. The number of benzene rings is 1. The number of likely N-dealkylation sites (tertiary alicyclic amines) is 1. The zero-order valence-corrected chi connectivity index (χ0v) is 16.0. The summed E-state index contributed by atoms with van der Waals surface area (Å²) < 4.78 is 31.6. The first kappa shape index (κ1) is 21.3. The van der Waals surface area contributed by atoms with Gasteiger partial charge >= 0.3 is 5.97 Å². The Bertz CT molecular complexity index is 824. The first-order valence-electron chi connectivity index (χ1n) is 8.07. The van der Waals surface area contributed by atoms with Crippen molar-refractivity contribution in [2.45, 2.75) is 36.8 Å². The second-order valence-corrected chi connectivity index (χ2v) is 8.09. The molecule has 1 aromatic rings. The quantitative estimate of drug-likeness (QED) is 0.598. The normalized spacial score (nSPS) is 16.9. The molecule has 148 valence electrons. The van der Waals surface area contributed by atoms with Gasteiger partial charge in [0.25, 0.3) is 5.91 Å². The van der Waals surface area contributed by atoms with E-state index in [1.54, 1.807) is 0 Å². The van der Waals surface area contributed by atoms with E-state index in [2.05, 4.69) is 0 Å². The van der Waals surface area contributed by atoms with Crippen molar-refractivity contribution in [1.29, 1.82) is 0 Å². The van der Waals surface area contributed by atoms with E-state index >= 15 is 0 Å². The molecular formula is C16H19ClN2O7S. The van der Waals surface area contributed by atoms with Crippen LogP contribution in [0.1, 0.15) is 19.8 Å². The molecule has 0 radical (unpaired) electrons. The highest BCUT2D eigenvalue weighted by Gasteiger charge is 2.33. The summed E-state index contributed by atoms with van der Waals surface area (Å²) in [5.74, 6) is -2.19. The number of esters is 1. The van der Waals surface area contributed by atoms with Crippen LogP contribution < -0.4 is 4.72 Å². The number of ether oxygens (including phenoxy) is 1. The lowest BCUT2D eigenvalue weighted by molar-refractivity contribution is -0.157. The SMILES string of the molecule is C[C@H](O)[C@H](NS(=O)(=O)c1ccc(Cl)cc1)C(=O)OCC(=O)N1CCCC1=O. The van der Waals surface area contributed by atoms with Gasteiger partial charge < -0.3 is 9.84 Å². The molecule has 1 saturated heterocycles. The van der Waals surface area contributed by atoms with E-state index in [0.29, 0.717) is 11.4 Å². The minimum absolute atomic E-state index is 0.163. The van der Waals surface area contributed by atoms with E-state index in [4.69, 9.17) is 16.3 Å². The van der Waals surface area contributed by atoms with Crippen molar-refractivity contribution in [2.75, 3.05) is 13.2 Å². The fraction of sp³-hybridized carbons (Fsp3) is 0.438. The monoisotopic (exact) mass is 418 g/mol. The van der Waals surface area contributed by atoms with Gasteiger partial charge in [0, 0.05) is 18.0 Å². The van der Waals surface area contributed by atoms with Crippen molar-refractivity contribution in [3.8, 4) is 0 Å². The Morgan fingerprint density at radius 3 is 2.48 bits per heavy atom. The van der Waals surface area contributed by atoms with Gasteiger partial charge in [0.15, 0.2) is 6.61 Å². The fourth-order valence-electron chi connectivity index (χ4n) is 2.40. The van der Waals surface area contributed by atoms with Crippen LogP contribution in [0.4, 0.5) is 0 Å². The number of carbonyl (C=O) groups is 3. The number of rotatable bonds is 7. The van der Waals surface area contributed by atoms with Gasteiger partial charge in [-0.2, -0.15) is 4.72 Å². The Morgan fingerprint density at radius 1 is 1.33 bits per heavy atom. The lowest BCUT2D eigenvalue weighted by atomic mass is 10.2. The van der Waals surface area contributed by atoms with Crippen LogP contribution in [0.3, 0.4) is 0 Å². The molecule has 9 nitrogen and oxygen atoms in total. The van der Waals surface area contributed by atoms with Crippen LogP contribution in [0.25, 0.3) is 0 Å². The maximum atomic E-state index is 12.4. The van der Waals surface area contributed by atoms with Crippen LogP contribution >= 0.6 is 11.6 Å². The van der Waals surface area contributed by atoms with Crippen LogP contribution in [0, 0.1) is 0 Å². The minimum atomic E-state index is -4.15. The van der Waals surface area contributed by atoms with Crippen molar-refractivity contribution in [2.24, 2.45) is 0 Å². The Morgan fingerprint density at radius 2 is 1.96 bits per heavy atom. The summed E-state index contributed by atoms with van der Waals surface area (Å²) in [6.45, 7) is 0.719. The third kappa shape index (κ3) is 5.48. The summed E-state index contributed by atoms with van der Waals surface area (Å²) in [5.41, 5.74) is 0. The third-order valence-electron chi connectivity index (χ3n) is 3.85. The largest absolute Gasteiger partial charge is 0.454 e. The number of aliphatic hydroxyl groups excluding tert-OH is 1. The van der Waals surface area contributed by atoms with Gasteiger partial charge in [0.1, 0.15) is 6.04 Å². The molecule has 27 heavy (non-hydrogen) atoms. The molecule has 1 fully saturated rings. The average molecular weight is 419 g/mol. The number of nitrogens with one attached hydrogen (secondary N) is 1. The van der Waals surface area contributed by atoms with Gasteiger partial charge in [0.2, 0.25) is 15.9 Å². The summed E-state index contributed by atoms with van der Waals surface area (Å²) in [6.07, 6.45) is -0.643. The van der Waals surface area contributed by atoms with Gasteiger partial charge in [-0.05, 0) is 37.6 Å². The number of hydrogen-bond donors (Lipinski definition) is 2. The molecule has 2 N–H and O–H groups in total. The number of hydrogen-bond acceptors (Lipinski definition) is 7. The zero-order valence-electron chi connectivity index (χ0n) is 14.4. The van der Waals surface area contributed by atoms with Gasteiger partial charge in [-0.15, -0.1) is 0 Å². The average Bonchev–Trinajstić information content (AvgIpc) is 3.03. The zero-order chi connectivity index (χ0) is 20.2. The molecule has 0 unspecified atom stereocenters. The standard InChI is InChI=1S/C16H19ClN2O7S/c1-10(20)15(18-27(24,25)12-6-4-11(17)5-7-12)16(23)26-9-14(22)19-8-2-3-13(19)21/h4-7,10,15,18,20H,2-3,8-9H2,1H3/t10-,15-/m0/s1. The van der Waals surface area contributed by atoms with Crippen molar-refractivity contribution >= 4 is 39.4 Å². The lowest BCUT2D eigenvalue weighted by Crippen LogP contribution is -2.49. The molecule has 2 atom stereocenters. The van der Waals surface area contributed by atoms with E-state index < -0.39 is 40.7 Å². The second kappa shape index (κ2) is 8.79. The molecule has 2 rings (SSSR count). The molecule has 1 aliphatic heterocycles. The van der Waals surface area contributed by atoms with Gasteiger partial charge in [-0.25, -0.2) is 8.42 Å². The number of carbonyl (C=O) groups excluding carboxylic acids is 3. The molecule has 1 heterocycles. The van der Waals surface area contributed by atoms with Crippen LogP contribution in [0.5, 0.6) is 0 Å². The Kier molecular flexibility index (Phi) is 6.93. The van der Waals surface area contributed by atoms with Crippen molar-refractivity contribution in [3.63, 3.8) is 0 Å². The first-order valence-corrected chi connectivity index (χ1v) is 9.94. The first-order chi connectivity index (χ1) is 12.6. The third-order valence-corrected chi connectivity index (χ3v) is 5.56. The topological polar surface area (TPSA) is 130 Å². The molecule has 1 aliphatic rings. The summed E-state index contributed by atoms with van der Waals surface area (Å²) in [7, 11) is -4.15. The molecule has 0 saturated carbocycles. The molecule has 0 aliphatic carbocycles. The van der Waals surface area contributed by atoms with Crippen LogP contribution in [-0.2, 0) is 29.1 Å². The molecule has 1 aromatic carbocycles. The highest BCUT2D eigenvalue weighted by molar-refractivity contribution is 7.89. The fourth-order valence-corrected chi connectivity index (χ4v) is 3.79. The lowest BCUT2D eigenvalue weighted by Gasteiger charge is -2.20. The molecule has 0 spiro atoms. The smallest absolute Gasteiger partial charge is 0.327 e. The number of aliphatic hydroxyl groups is 1. The number of sulfonamides is 1. The van der Waals surface area contributed by atoms with Crippen molar-refractivity contribution in [3.05, 3.63) is 29.3 Å². The molecule has 0 bridgehead atoms. The predicted molar refractivity (Wildman–Crippen MR) is 94.2 cm³/mol. The highest BCUT2D eigenvalue weighted by Crippen LogP contribution is 2.15. The molecule has 0 aromatic heterocycles. The second-order valence-electron chi connectivity index (χ2n) is 5.94. The maximum Gasteiger partial charge on any atom is 0.327 e. The van der Waals surface area contributed by atoms with E-state index in [1.165, 1.54) is 31.2 Å². The number of amides is 2. The highest BCUT2D eigenvalue weighted by atomic mass is 35.5. The van der Waals surface area contributed by atoms with E-state index in [9.17, 15) is 27.9 Å². The summed E-state index contributed by atoms with van der Waals surface area (Å²) in [6, 6.07) is 3.55. The summed E-state index contributed by atoms with van der Waals surface area (Å²) in [4.78, 5) is 36.4. The van der Waals surface area contributed by atoms with Crippen LogP contribution in [0.2, 0.25) is 5.02 Å². The van der Waals surface area contributed by atoms with E-state index in [0.717, 1.165) is 4.90 Å². The van der Waals surface area contributed by atoms with Crippen molar-refractivity contribution < 1.29 is 32.6 Å². The van der Waals surface area contributed by atoms with E-state index in [-0.39, 0.29) is 23.8 Å². The summed E-state index contributed by atoms with van der Waals surface area (Å²) >= 11 is 5.71. The van der Waals surface area contributed by atoms with Crippen LogP contribution in [0.15, 0.2) is 29.2 Å². The Labute approximate surface area is 161 Å². The molecule has 11 heteroatoms. The van der Waals surface area contributed by atoms with Gasteiger partial charge in [-0.1, -0.05) is 11.6 Å². The predicted octanol–water partition coefficient (Wildman–Crippen LogP) is 0.0599. The Hall–Kier alpha value is -2.01. The number of nitrogens with zero attached hydrogens (tertiary/aromatic N) is 1. The van der Waals surface area contributed by atoms with Gasteiger partial charge in [0.05, 0.1) is 11.0 Å². The van der Waals surface area contributed by atoms with Crippen molar-refractivity contribution in [1.82, 2.24) is 9.62 Å².